The van der Waals surface area contributed by atoms with E-state index in [0.29, 0.717) is 11.5 Å². The number of nitrogens with two attached hydrogens (primary N) is 1. The van der Waals surface area contributed by atoms with Gasteiger partial charge in [0, 0.05) is 10.7 Å². The van der Waals surface area contributed by atoms with Crippen LogP contribution in [0.1, 0.15) is 51.5 Å². The molecule has 0 saturated heterocycles. The van der Waals surface area contributed by atoms with E-state index in [1.54, 1.807) is 0 Å². The van der Waals surface area contributed by atoms with Crippen molar-refractivity contribution in [3.05, 3.63) is 35.2 Å². The van der Waals surface area contributed by atoms with Crippen molar-refractivity contribution in [2.75, 3.05) is 0 Å². The van der Waals surface area contributed by atoms with Crippen LogP contribution in [0, 0.1) is 11.3 Å². The van der Waals surface area contributed by atoms with E-state index in [0.717, 1.165) is 12.3 Å². The van der Waals surface area contributed by atoms with Crippen LogP contribution < -0.4 is 5.73 Å². The van der Waals surface area contributed by atoms with Crippen molar-refractivity contribution in [3.63, 3.8) is 0 Å². The molecule has 2 aromatic rings. The van der Waals surface area contributed by atoms with Crippen LogP contribution in [0.3, 0.4) is 0 Å². The number of thiophene rings is 1. The normalized spacial score (nSPS) is 19.4. The first-order chi connectivity index (χ1) is 10.1. The lowest BCUT2D eigenvalue weighted by molar-refractivity contribution is 0.182. The molecule has 1 fully saturated rings. The summed E-state index contributed by atoms with van der Waals surface area (Å²) in [5.41, 5.74) is 8.59. The van der Waals surface area contributed by atoms with E-state index >= 15 is 0 Å². The number of hydrogen-bond donors (Lipinski definition) is 1. The zero-order valence-corrected chi connectivity index (χ0v) is 14.1. The maximum absolute atomic E-state index is 6.75. The van der Waals surface area contributed by atoms with E-state index in [1.165, 1.54) is 47.8 Å². The average molecular weight is 301 g/mol. The van der Waals surface area contributed by atoms with Gasteiger partial charge in [0.2, 0.25) is 0 Å². The maximum atomic E-state index is 6.75. The second kappa shape index (κ2) is 6.10. The van der Waals surface area contributed by atoms with Gasteiger partial charge in [-0.15, -0.1) is 11.3 Å². The largest absolute Gasteiger partial charge is 0.327 e. The Morgan fingerprint density at radius 2 is 1.90 bits per heavy atom. The van der Waals surface area contributed by atoms with Crippen LogP contribution in [0.4, 0.5) is 0 Å². The summed E-state index contributed by atoms with van der Waals surface area (Å²) in [7, 11) is 0. The van der Waals surface area contributed by atoms with Crippen molar-refractivity contribution in [3.8, 4) is 0 Å². The second-order valence-corrected chi connectivity index (χ2v) is 8.15. The third-order valence-electron chi connectivity index (χ3n) is 5.20. The molecule has 1 aliphatic rings. The van der Waals surface area contributed by atoms with Gasteiger partial charge in [0.1, 0.15) is 0 Å². The maximum Gasteiger partial charge on any atom is 0.0345 e. The van der Waals surface area contributed by atoms with Crippen molar-refractivity contribution in [1.82, 2.24) is 0 Å². The summed E-state index contributed by atoms with van der Waals surface area (Å²) in [5, 5.41) is 3.73. The Morgan fingerprint density at radius 3 is 2.62 bits per heavy atom. The van der Waals surface area contributed by atoms with Gasteiger partial charge in [-0.1, -0.05) is 44.9 Å². The molecule has 1 nitrogen and oxygen atoms in total. The molecule has 2 heteroatoms. The van der Waals surface area contributed by atoms with E-state index < -0.39 is 0 Å². The summed E-state index contributed by atoms with van der Waals surface area (Å²) in [5.74, 6) is 0.744. The lowest BCUT2D eigenvalue weighted by atomic mass is 9.71. The Morgan fingerprint density at radius 1 is 1.19 bits per heavy atom. The van der Waals surface area contributed by atoms with Crippen LogP contribution in [0.2, 0.25) is 0 Å². The number of rotatable bonds is 5. The minimum atomic E-state index is 0.306. The summed E-state index contributed by atoms with van der Waals surface area (Å²) in [4.78, 5) is 0. The molecule has 21 heavy (non-hydrogen) atoms. The van der Waals surface area contributed by atoms with E-state index in [9.17, 15) is 0 Å². The first-order valence-electron chi connectivity index (χ1n) is 8.31. The third kappa shape index (κ3) is 3.02. The highest BCUT2D eigenvalue weighted by atomic mass is 32.1. The lowest BCUT2D eigenvalue weighted by Crippen LogP contribution is -2.42. The predicted molar refractivity (Wildman–Crippen MR) is 93.9 cm³/mol. The van der Waals surface area contributed by atoms with Crippen LogP contribution in [-0.2, 0) is 6.42 Å². The Bertz CT molecular complexity index is 592. The summed E-state index contributed by atoms with van der Waals surface area (Å²) in [6, 6.07) is 9.04. The number of fused-ring (bicyclic) bond motifs is 1. The molecule has 1 unspecified atom stereocenters. The van der Waals surface area contributed by atoms with Crippen molar-refractivity contribution in [2.24, 2.45) is 17.1 Å². The third-order valence-corrected chi connectivity index (χ3v) is 6.21. The van der Waals surface area contributed by atoms with Gasteiger partial charge in [-0.3, -0.25) is 0 Å². The Hall–Kier alpha value is -0.860. The van der Waals surface area contributed by atoms with E-state index in [4.69, 9.17) is 5.73 Å². The summed E-state index contributed by atoms with van der Waals surface area (Å²) < 4.78 is 1.39. The van der Waals surface area contributed by atoms with Gasteiger partial charge < -0.3 is 5.73 Å². The van der Waals surface area contributed by atoms with Gasteiger partial charge in [-0.25, -0.2) is 0 Å². The summed E-state index contributed by atoms with van der Waals surface area (Å²) in [6.07, 6.45) is 7.71. The van der Waals surface area contributed by atoms with Crippen LogP contribution in [0.25, 0.3) is 10.1 Å². The Labute approximate surface area is 132 Å². The summed E-state index contributed by atoms with van der Waals surface area (Å²) >= 11 is 1.86. The Balaban J connectivity index is 1.82. The number of hydrogen-bond acceptors (Lipinski definition) is 2. The van der Waals surface area contributed by atoms with Gasteiger partial charge >= 0.3 is 0 Å². The Kier molecular flexibility index (Phi) is 4.37. The predicted octanol–water partition coefficient (Wildman–Crippen LogP) is 5.38. The van der Waals surface area contributed by atoms with Gasteiger partial charge in [-0.05, 0) is 59.4 Å². The zero-order valence-electron chi connectivity index (χ0n) is 13.3. The van der Waals surface area contributed by atoms with Crippen molar-refractivity contribution < 1.29 is 0 Å². The molecular formula is C19H27NS. The molecule has 3 rings (SSSR count). The molecule has 0 spiro atoms. The van der Waals surface area contributed by atoms with Crippen LogP contribution in [-0.4, -0.2) is 6.04 Å². The van der Waals surface area contributed by atoms with E-state index in [1.807, 2.05) is 11.3 Å². The van der Waals surface area contributed by atoms with Gasteiger partial charge in [0.05, 0.1) is 0 Å². The van der Waals surface area contributed by atoms with Gasteiger partial charge in [0.25, 0.3) is 0 Å². The molecule has 1 aliphatic carbocycles. The van der Waals surface area contributed by atoms with E-state index in [2.05, 4.69) is 43.5 Å². The molecule has 1 saturated carbocycles. The average Bonchev–Trinajstić information content (AvgIpc) is 3.07. The topological polar surface area (TPSA) is 26.0 Å². The molecular weight excluding hydrogens is 274 g/mol. The first kappa shape index (κ1) is 15.1. The van der Waals surface area contributed by atoms with Crippen molar-refractivity contribution >= 4 is 21.4 Å². The highest BCUT2D eigenvalue weighted by molar-refractivity contribution is 7.17. The van der Waals surface area contributed by atoms with Gasteiger partial charge in [-0.2, -0.15) is 0 Å². The quantitative estimate of drug-likeness (QED) is 0.788. The molecule has 1 atom stereocenters. The highest BCUT2D eigenvalue weighted by Crippen LogP contribution is 2.46. The lowest BCUT2D eigenvalue weighted by Gasteiger charge is -2.37. The fraction of sp³-hybridized carbons (Fsp3) is 0.579. The standard InChI is InChI=1S/C19H27NS/c1-14(2)12-19(9-5-6-10-19)18(20)11-15-13-21-17-8-4-3-7-16(15)17/h3-4,7-8,13-14,18H,5-6,9-12,20H2,1-2H3. The monoisotopic (exact) mass is 301 g/mol. The molecule has 1 aromatic heterocycles. The SMILES string of the molecule is CC(C)CC1(C(N)Cc2csc3ccccc23)CCCC1. The molecule has 0 aliphatic heterocycles. The molecule has 1 aromatic carbocycles. The summed E-state index contributed by atoms with van der Waals surface area (Å²) in [6.45, 7) is 4.68. The molecule has 0 bridgehead atoms. The van der Waals surface area contributed by atoms with Crippen LogP contribution in [0.5, 0.6) is 0 Å². The molecule has 114 valence electrons. The fourth-order valence-corrected chi connectivity index (χ4v) is 5.24. The smallest absolute Gasteiger partial charge is 0.0345 e. The molecule has 2 N–H and O–H groups in total. The fourth-order valence-electron chi connectivity index (χ4n) is 4.26. The number of benzene rings is 1. The van der Waals surface area contributed by atoms with Crippen LogP contribution in [0.15, 0.2) is 29.6 Å². The molecule has 0 amide bonds. The van der Waals surface area contributed by atoms with Crippen molar-refractivity contribution in [1.29, 1.82) is 0 Å². The first-order valence-corrected chi connectivity index (χ1v) is 9.19. The second-order valence-electron chi connectivity index (χ2n) is 7.24. The van der Waals surface area contributed by atoms with Gasteiger partial charge in [0.15, 0.2) is 0 Å². The van der Waals surface area contributed by atoms with Crippen LogP contribution >= 0.6 is 11.3 Å². The minimum Gasteiger partial charge on any atom is -0.327 e. The minimum absolute atomic E-state index is 0.306. The molecule has 1 heterocycles. The zero-order chi connectivity index (χ0) is 14.9. The van der Waals surface area contributed by atoms with Crippen molar-refractivity contribution in [2.45, 2.75) is 58.4 Å². The highest BCUT2D eigenvalue weighted by Gasteiger charge is 2.39. The molecule has 0 radical (unpaired) electrons. The van der Waals surface area contributed by atoms with E-state index in [-0.39, 0.29) is 0 Å².